The lowest BCUT2D eigenvalue weighted by atomic mass is 10.4. The number of hydrogen-bond donors (Lipinski definition) is 0. The number of nitrogens with zero attached hydrogens (tertiary/aromatic N) is 2. The van der Waals surface area contributed by atoms with E-state index in [-0.39, 0.29) is 17.4 Å². The molecule has 6 nitrogen and oxygen atoms in total. The van der Waals surface area contributed by atoms with E-state index in [4.69, 9.17) is 8.83 Å². The third kappa shape index (κ3) is 2.85. The van der Waals surface area contributed by atoms with E-state index in [1.807, 2.05) is 0 Å². The van der Waals surface area contributed by atoms with E-state index in [2.05, 4.69) is 4.99 Å². The number of amides is 2. The van der Waals surface area contributed by atoms with Crippen molar-refractivity contribution in [2.75, 3.05) is 12.3 Å². The maximum Gasteiger partial charge on any atom is 0.315 e. The number of amidine groups is 1. The van der Waals surface area contributed by atoms with Gasteiger partial charge in [-0.05, 0) is 38.1 Å². The Morgan fingerprint density at radius 3 is 2.32 bits per heavy atom. The van der Waals surface area contributed by atoms with Crippen molar-refractivity contribution in [3.05, 3.63) is 47.3 Å². The number of carbonyl (C=O) groups excluding carboxylic acids is 2. The lowest BCUT2D eigenvalue weighted by Crippen LogP contribution is -2.32. The Hall–Kier alpha value is -2.28. The Balaban J connectivity index is 1.82. The summed E-state index contributed by atoms with van der Waals surface area (Å²) < 4.78 is 10.6. The van der Waals surface area contributed by atoms with E-state index >= 15 is 0 Å². The summed E-state index contributed by atoms with van der Waals surface area (Å²) in [5.74, 6) is 1.62. The minimum absolute atomic E-state index is 0.166. The molecule has 7 heteroatoms. The van der Waals surface area contributed by atoms with Gasteiger partial charge in [-0.2, -0.15) is 4.99 Å². The SMILES string of the molecule is Cc1ccc(C(=O)N=C2SCCN2C(=O)c2ccc(C)o2)o1. The van der Waals surface area contributed by atoms with Crippen molar-refractivity contribution in [3.63, 3.8) is 0 Å². The Kier molecular flexibility index (Phi) is 3.89. The molecule has 3 heterocycles. The highest BCUT2D eigenvalue weighted by atomic mass is 32.2. The normalized spacial score (nSPS) is 16.5. The second-order valence-electron chi connectivity index (χ2n) is 4.83. The van der Waals surface area contributed by atoms with Crippen LogP contribution in [0.15, 0.2) is 38.1 Å². The molecule has 114 valence electrons. The van der Waals surface area contributed by atoms with Crippen LogP contribution in [0.5, 0.6) is 0 Å². The van der Waals surface area contributed by atoms with Crippen LogP contribution in [-0.2, 0) is 0 Å². The summed E-state index contributed by atoms with van der Waals surface area (Å²) in [6, 6.07) is 6.62. The van der Waals surface area contributed by atoms with E-state index in [0.717, 1.165) is 0 Å². The average Bonchev–Trinajstić information content (AvgIpc) is 3.19. The first kappa shape index (κ1) is 14.6. The fraction of sp³-hybridized carbons (Fsp3) is 0.267. The van der Waals surface area contributed by atoms with Gasteiger partial charge in [0.1, 0.15) is 11.5 Å². The minimum atomic E-state index is -0.495. The maximum absolute atomic E-state index is 12.4. The van der Waals surface area contributed by atoms with Crippen LogP contribution in [-0.4, -0.2) is 34.2 Å². The van der Waals surface area contributed by atoms with Crippen molar-refractivity contribution in [3.8, 4) is 0 Å². The largest absolute Gasteiger partial charge is 0.456 e. The van der Waals surface area contributed by atoms with E-state index in [1.165, 1.54) is 16.7 Å². The van der Waals surface area contributed by atoms with Crippen molar-refractivity contribution in [2.45, 2.75) is 13.8 Å². The molecule has 0 saturated carbocycles. The Morgan fingerprint density at radius 1 is 1.09 bits per heavy atom. The number of carbonyl (C=O) groups is 2. The Labute approximate surface area is 131 Å². The van der Waals surface area contributed by atoms with Crippen LogP contribution in [0.4, 0.5) is 0 Å². The zero-order valence-corrected chi connectivity index (χ0v) is 13.0. The summed E-state index contributed by atoms with van der Waals surface area (Å²) in [5.41, 5.74) is 0. The van der Waals surface area contributed by atoms with Gasteiger partial charge in [0.05, 0.1) is 0 Å². The average molecular weight is 318 g/mol. The monoisotopic (exact) mass is 318 g/mol. The number of aryl methyl sites for hydroxylation is 2. The predicted molar refractivity (Wildman–Crippen MR) is 82.2 cm³/mol. The summed E-state index contributed by atoms with van der Waals surface area (Å²) in [7, 11) is 0. The molecular weight excluding hydrogens is 304 g/mol. The maximum atomic E-state index is 12.4. The molecule has 1 aliphatic heterocycles. The van der Waals surface area contributed by atoms with Crippen molar-refractivity contribution < 1.29 is 18.4 Å². The quantitative estimate of drug-likeness (QED) is 0.851. The summed E-state index contributed by atoms with van der Waals surface area (Å²) in [6.45, 7) is 4.02. The highest BCUT2D eigenvalue weighted by molar-refractivity contribution is 8.14. The molecule has 1 aliphatic rings. The van der Waals surface area contributed by atoms with Crippen molar-refractivity contribution in [2.24, 2.45) is 4.99 Å². The number of hydrogen-bond acceptors (Lipinski definition) is 5. The second-order valence-corrected chi connectivity index (χ2v) is 5.89. The van der Waals surface area contributed by atoms with Gasteiger partial charge in [-0.15, -0.1) is 0 Å². The smallest absolute Gasteiger partial charge is 0.315 e. The number of furan rings is 2. The summed E-state index contributed by atoms with van der Waals surface area (Å²) in [4.78, 5) is 29.9. The van der Waals surface area contributed by atoms with E-state index in [1.54, 1.807) is 38.1 Å². The van der Waals surface area contributed by atoms with Crippen LogP contribution in [0.3, 0.4) is 0 Å². The van der Waals surface area contributed by atoms with E-state index in [9.17, 15) is 9.59 Å². The molecule has 0 radical (unpaired) electrons. The molecule has 22 heavy (non-hydrogen) atoms. The number of aliphatic imine (C=N–C) groups is 1. The lowest BCUT2D eigenvalue weighted by molar-refractivity contribution is 0.0827. The van der Waals surface area contributed by atoms with Crippen LogP contribution >= 0.6 is 11.8 Å². The molecule has 0 atom stereocenters. The molecule has 0 aliphatic carbocycles. The minimum Gasteiger partial charge on any atom is -0.456 e. The predicted octanol–water partition coefficient (Wildman–Crippen LogP) is 2.87. The van der Waals surface area contributed by atoms with Gasteiger partial charge in [-0.3, -0.25) is 14.5 Å². The highest BCUT2D eigenvalue weighted by Crippen LogP contribution is 2.22. The van der Waals surface area contributed by atoms with Gasteiger partial charge in [0, 0.05) is 12.3 Å². The molecule has 1 fully saturated rings. The Morgan fingerprint density at radius 2 is 1.73 bits per heavy atom. The summed E-state index contributed by atoms with van der Waals surface area (Å²) >= 11 is 1.36. The van der Waals surface area contributed by atoms with E-state index in [0.29, 0.717) is 29.0 Å². The molecule has 2 aromatic rings. The molecule has 1 saturated heterocycles. The van der Waals surface area contributed by atoms with Crippen molar-refractivity contribution in [1.82, 2.24) is 4.90 Å². The third-order valence-electron chi connectivity index (χ3n) is 3.12. The molecular formula is C15H14N2O4S. The molecule has 0 N–H and O–H groups in total. The third-order valence-corrected chi connectivity index (χ3v) is 4.08. The molecule has 0 bridgehead atoms. The van der Waals surface area contributed by atoms with Gasteiger partial charge in [-0.25, -0.2) is 0 Å². The van der Waals surface area contributed by atoms with Gasteiger partial charge in [0.2, 0.25) is 0 Å². The second kappa shape index (κ2) is 5.84. The van der Waals surface area contributed by atoms with Crippen LogP contribution in [0, 0.1) is 13.8 Å². The summed E-state index contributed by atoms with van der Waals surface area (Å²) in [5, 5.41) is 0.373. The van der Waals surface area contributed by atoms with Gasteiger partial charge in [0.25, 0.3) is 5.91 Å². The molecule has 0 aromatic carbocycles. The van der Waals surface area contributed by atoms with Gasteiger partial charge in [-0.1, -0.05) is 11.8 Å². The highest BCUT2D eigenvalue weighted by Gasteiger charge is 2.29. The lowest BCUT2D eigenvalue weighted by Gasteiger charge is -2.13. The number of rotatable bonds is 2. The molecule has 2 aromatic heterocycles. The molecule has 0 spiro atoms. The van der Waals surface area contributed by atoms with Crippen LogP contribution in [0.2, 0.25) is 0 Å². The molecule has 2 amide bonds. The Bertz CT molecular complexity index is 759. The molecule has 0 unspecified atom stereocenters. The fourth-order valence-electron chi connectivity index (χ4n) is 2.06. The first-order chi connectivity index (χ1) is 10.5. The van der Waals surface area contributed by atoms with Crippen molar-refractivity contribution in [1.29, 1.82) is 0 Å². The van der Waals surface area contributed by atoms with Crippen molar-refractivity contribution >= 4 is 28.7 Å². The molecule has 3 rings (SSSR count). The zero-order valence-electron chi connectivity index (χ0n) is 12.2. The van der Waals surface area contributed by atoms with E-state index < -0.39 is 5.91 Å². The van der Waals surface area contributed by atoms with Crippen LogP contribution in [0.25, 0.3) is 0 Å². The van der Waals surface area contributed by atoms with Crippen LogP contribution < -0.4 is 0 Å². The van der Waals surface area contributed by atoms with Gasteiger partial charge in [0.15, 0.2) is 16.7 Å². The standard InChI is InChI=1S/C15H14N2O4S/c1-9-3-5-11(20-9)13(18)16-15-17(7-8-22-15)14(19)12-6-4-10(2)21-12/h3-6H,7-8H2,1-2H3. The fourth-order valence-corrected chi connectivity index (χ4v) is 2.99. The van der Waals surface area contributed by atoms with Gasteiger partial charge < -0.3 is 8.83 Å². The van der Waals surface area contributed by atoms with Crippen LogP contribution in [0.1, 0.15) is 32.6 Å². The summed E-state index contributed by atoms with van der Waals surface area (Å²) in [6.07, 6.45) is 0. The topological polar surface area (TPSA) is 76.0 Å². The van der Waals surface area contributed by atoms with Gasteiger partial charge >= 0.3 is 5.91 Å². The first-order valence-electron chi connectivity index (χ1n) is 6.75. The first-order valence-corrected chi connectivity index (χ1v) is 7.74. The number of thioether (sulfide) groups is 1. The zero-order chi connectivity index (χ0) is 15.7.